The van der Waals surface area contributed by atoms with Crippen molar-refractivity contribution < 1.29 is 9.84 Å². The number of aliphatic hydroxyl groups is 1. The number of aromatic nitrogens is 2. The van der Waals surface area contributed by atoms with E-state index in [9.17, 15) is 0 Å². The van der Waals surface area contributed by atoms with Gasteiger partial charge in [-0.1, -0.05) is 13.8 Å². The first-order valence-corrected chi connectivity index (χ1v) is 6.39. The van der Waals surface area contributed by atoms with Crippen LogP contribution in [0.4, 0.5) is 5.82 Å². The molecule has 0 bridgehead atoms. The molecule has 0 aliphatic heterocycles. The molecule has 1 atom stereocenters. The van der Waals surface area contributed by atoms with Crippen molar-refractivity contribution in [2.45, 2.75) is 46.3 Å². The molecular weight excluding hydrogens is 230 g/mol. The van der Waals surface area contributed by atoms with Crippen molar-refractivity contribution in [3.8, 4) is 5.88 Å². The van der Waals surface area contributed by atoms with Crippen LogP contribution in [0.15, 0.2) is 12.4 Å². The van der Waals surface area contributed by atoms with Gasteiger partial charge in [0.1, 0.15) is 12.1 Å². The van der Waals surface area contributed by atoms with Crippen molar-refractivity contribution in [2.75, 3.05) is 11.9 Å². The average Bonchev–Trinajstić information content (AvgIpc) is 2.28. The zero-order valence-corrected chi connectivity index (χ0v) is 11.6. The maximum absolute atomic E-state index is 9.04. The van der Waals surface area contributed by atoms with Crippen molar-refractivity contribution in [3.63, 3.8) is 0 Å². The van der Waals surface area contributed by atoms with E-state index >= 15 is 0 Å². The molecule has 0 aliphatic rings. The summed E-state index contributed by atoms with van der Waals surface area (Å²) in [6, 6.07) is 1.98. The number of nitrogens with zero attached hydrogens (tertiary/aromatic N) is 2. The van der Waals surface area contributed by atoms with Gasteiger partial charge in [0.2, 0.25) is 5.88 Å². The quantitative estimate of drug-likeness (QED) is 0.778. The maximum Gasteiger partial charge on any atom is 0.218 e. The Labute approximate surface area is 109 Å². The summed E-state index contributed by atoms with van der Waals surface area (Å²) in [4.78, 5) is 8.22. The van der Waals surface area contributed by atoms with E-state index in [1.54, 1.807) is 6.07 Å². The Morgan fingerprint density at radius 2 is 2.00 bits per heavy atom. The second-order valence-electron chi connectivity index (χ2n) is 4.92. The largest absolute Gasteiger partial charge is 0.475 e. The Balaban J connectivity index is 2.70. The summed E-state index contributed by atoms with van der Waals surface area (Å²) in [5.74, 6) is 1.71. The second-order valence-corrected chi connectivity index (χ2v) is 4.92. The molecule has 0 spiro atoms. The van der Waals surface area contributed by atoms with Gasteiger partial charge in [0.25, 0.3) is 0 Å². The first kappa shape index (κ1) is 14.7. The topological polar surface area (TPSA) is 67.3 Å². The first-order chi connectivity index (χ1) is 8.52. The summed E-state index contributed by atoms with van der Waals surface area (Å²) in [6.07, 6.45) is 2.27. The maximum atomic E-state index is 9.04. The minimum absolute atomic E-state index is 0.0890. The smallest absolute Gasteiger partial charge is 0.218 e. The highest BCUT2D eigenvalue weighted by Crippen LogP contribution is 2.16. The lowest BCUT2D eigenvalue weighted by molar-refractivity contribution is 0.232. The van der Waals surface area contributed by atoms with Gasteiger partial charge < -0.3 is 15.2 Å². The van der Waals surface area contributed by atoms with E-state index in [-0.39, 0.29) is 18.8 Å². The van der Waals surface area contributed by atoms with Crippen LogP contribution in [0, 0.1) is 5.92 Å². The van der Waals surface area contributed by atoms with Crippen LogP contribution in [0.1, 0.15) is 34.1 Å². The lowest BCUT2D eigenvalue weighted by Crippen LogP contribution is -2.27. The fourth-order valence-electron chi connectivity index (χ4n) is 1.63. The molecule has 0 saturated heterocycles. The van der Waals surface area contributed by atoms with Crippen molar-refractivity contribution in [2.24, 2.45) is 5.92 Å². The molecule has 102 valence electrons. The molecule has 0 aliphatic carbocycles. The van der Waals surface area contributed by atoms with Crippen LogP contribution < -0.4 is 10.1 Å². The van der Waals surface area contributed by atoms with Gasteiger partial charge in [-0.25, -0.2) is 9.97 Å². The van der Waals surface area contributed by atoms with Crippen LogP contribution in [0.5, 0.6) is 5.88 Å². The summed E-state index contributed by atoms with van der Waals surface area (Å²) in [5.41, 5.74) is 0. The summed E-state index contributed by atoms with van der Waals surface area (Å²) in [6.45, 7) is 8.30. The van der Waals surface area contributed by atoms with E-state index in [1.165, 1.54) is 6.33 Å². The summed E-state index contributed by atoms with van der Waals surface area (Å²) >= 11 is 0. The lowest BCUT2D eigenvalue weighted by Gasteiger charge is -2.22. The van der Waals surface area contributed by atoms with Crippen molar-refractivity contribution >= 4 is 5.82 Å². The molecule has 0 radical (unpaired) electrons. The molecule has 5 heteroatoms. The van der Waals surface area contributed by atoms with E-state index in [2.05, 4.69) is 29.1 Å². The summed E-state index contributed by atoms with van der Waals surface area (Å²) < 4.78 is 5.52. The van der Waals surface area contributed by atoms with Crippen LogP contribution in [0.2, 0.25) is 0 Å². The van der Waals surface area contributed by atoms with Crippen LogP contribution in [-0.2, 0) is 0 Å². The molecule has 1 heterocycles. The van der Waals surface area contributed by atoms with Crippen LogP contribution in [0.25, 0.3) is 0 Å². The molecule has 1 aromatic rings. The number of aliphatic hydroxyl groups excluding tert-OH is 1. The predicted octanol–water partition coefficient (Wildman–Crippen LogP) is 2.08. The summed E-state index contributed by atoms with van der Waals surface area (Å²) in [5, 5.41) is 12.3. The van der Waals surface area contributed by atoms with Gasteiger partial charge in [-0.3, -0.25) is 0 Å². The standard InChI is InChI=1S/C13H23N3O2/c1-9(2)11(5-6-17)16-12-7-13(15-8-14-12)18-10(3)4/h7-11,17H,5-6H2,1-4H3,(H,14,15,16). The van der Waals surface area contributed by atoms with Crippen molar-refractivity contribution in [1.82, 2.24) is 9.97 Å². The van der Waals surface area contributed by atoms with Crippen molar-refractivity contribution in [1.29, 1.82) is 0 Å². The van der Waals surface area contributed by atoms with Gasteiger partial charge in [-0.15, -0.1) is 0 Å². The van der Waals surface area contributed by atoms with E-state index in [0.717, 1.165) is 5.82 Å². The third kappa shape index (κ3) is 4.87. The fraction of sp³-hybridized carbons (Fsp3) is 0.692. The van der Waals surface area contributed by atoms with Gasteiger partial charge in [-0.05, 0) is 26.2 Å². The predicted molar refractivity (Wildman–Crippen MR) is 71.7 cm³/mol. The van der Waals surface area contributed by atoms with Gasteiger partial charge in [0.15, 0.2) is 0 Å². The van der Waals surface area contributed by atoms with Gasteiger partial charge in [-0.2, -0.15) is 0 Å². The Morgan fingerprint density at radius 1 is 1.28 bits per heavy atom. The monoisotopic (exact) mass is 253 g/mol. The fourth-order valence-corrected chi connectivity index (χ4v) is 1.63. The highest BCUT2D eigenvalue weighted by molar-refractivity contribution is 5.38. The van der Waals surface area contributed by atoms with Crippen LogP contribution >= 0.6 is 0 Å². The highest BCUT2D eigenvalue weighted by Gasteiger charge is 2.13. The second kappa shape index (κ2) is 7.16. The number of hydrogen-bond donors (Lipinski definition) is 2. The van der Waals surface area contributed by atoms with Gasteiger partial charge in [0.05, 0.1) is 6.10 Å². The first-order valence-electron chi connectivity index (χ1n) is 6.39. The Hall–Kier alpha value is -1.36. The van der Waals surface area contributed by atoms with Crippen molar-refractivity contribution in [3.05, 3.63) is 12.4 Å². The molecule has 0 fully saturated rings. The zero-order valence-electron chi connectivity index (χ0n) is 11.6. The van der Waals surface area contributed by atoms with Crippen LogP contribution in [-0.4, -0.2) is 33.8 Å². The van der Waals surface area contributed by atoms with E-state index in [4.69, 9.17) is 9.84 Å². The SMILES string of the molecule is CC(C)Oc1cc(NC(CCO)C(C)C)ncn1. The molecule has 18 heavy (non-hydrogen) atoms. The van der Waals surface area contributed by atoms with Gasteiger partial charge in [0, 0.05) is 18.7 Å². The molecule has 0 amide bonds. The minimum atomic E-state index is 0.0890. The van der Waals surface area contributed by atoms with E-state index in [1.807, 2.05) is 13.8 Å². The number of nitrogens with one attached hydrogen (secondary N) is 1. The lowest BCUT2D eigenvalue weighted by atomic mass is 10.0. The molecule has 5 nitrogen and oxygen atoms in total. The normalized spacial score (nSPS) is 12.8. The molecule has 1 aromatic heterocycles. The van der Waals surface area contributed by atoms with Gasteiger partial charge >= 0.3 is 0 Å². The molecule has 1 unspecified atom stereocenters. The van der Waals surface area contributed by atoms with Crippen LogP contribution in [0.3, 0.4) is 0 Å². The Kier molecular flexibility index (Phi) is 5.85. The highest BCUT2D eigenvalue weighted by atomic mass is 16.5. The zero-order chi connectivity index (χ0) is 13.5. The molecule has 1 rings (SSSR count). The summed E-state index contributed by atoms with van der Waals surface area (Å²) in [7, 11) is 0. The Bertz CT molecular complexity index is 356. The molecular formula is C13H23N3O2. The average molecular weight is 253 g/mol. The van der Waals surface area contributed by atoms with E-state index in [0.29, 0.717) is 18.2 Å². The Morgan fingerprint density at radius 3 is 2.56 bits per heavy atom. The van der Waals surface area contributed by atoms with E-state index < -0.39 is 0 Å². The molecule has 2 N–H and O–H groups in total. The third-order valence-corrected chi connectivity index (χ3v) is 2.58. The number of hydrogen-bond acceptors (Lipinski definition) is 5. The molecule has 0 aromatic carbocycles. The minimum Gasteiger partial charge on any atom is -0.475 e. The molecule has 0 saturated carbocycles. The third-order valence-electron chi connectivity index (χ3n) is 2.58. The number of rotatable bonds is 7. The number of anilines is 1. The number of ether oxygens (including phenoxy) is 1.